The summed E-state index contributed by atoms with van der Waals surface area (Å²) in [6.07, 6.45) is 0. The van der Waals surface area contributed by atoms with E-state index in [4.69, 9.17) is 5.73 Å². The number of azo groups is 1. The van der Waals surface area contributed by atoms with Crippen molar-refractivity contribution in [3.05, 3.63) is 54.6 Å². The number of hydrogen-bond acceptors (Lipinski definition) is 13. The number of fused-ring (bicyclic) bond motifs is 2. The molecule has 0 amide bonds. The molecule has 0 aliphatic rings. The van der Waals surface area contributed by atoms with E-state index in [-0.39, 0.29) is 111 Å². The average molecular weight is 619 g/mol. The van der Waals surface area contributed by atoms with E-state index >= 15 is 0 Å². The number of nitrogen functional groups attached to an aromatic ring is 1. The second-order valence-electron chi connectivity index (χ2n) is 7.38. The smallest absolute Gasteiger partial charge is 0.744 e. The molecule has 0 aromatic heterocycles. The molecule has 0 saturated heterocycles. The zero-order valence-corrected chi connectivity index (χ0v) is 29.0. The van der Waals surface area contributed by atoms with E-state index in [2.05, 4.69) is 10.2 Å². The molecule has 0 spiro atoms. The largest absolute Gasteiger partial charge is 1.00 e. The molecule has 0 heterocycles. The van der Waals surface area contributed by atoms with Crippen molar-refractivity contribution < 1.29 is 133 Å². The van der Waals surface area contributed by atoms with Gasteiger partial charge in [0.05, 0.1) is 14.7 Å². The third-order valence-corrected chi connectivity index (χ3v) is 7.75. The fourth-order valence-electron chi connectivity index (χ4n) is 3.61. The fraction of sp³-hybridized carbons (Fsp3) is 0. The summed E-state index contributed by atoms with van der Waals surface area (Å²) < 4.78 is 106. The first kappa shape index (κ1) is 36.4. The van der Waals surface area contributed by atoms with Gasteiger partial charge < -0.3 is 24.5 Å². The van der Waals surface area contributed by atoms with Gasteiger partial charge in [-0.2, -0.15) is 0 Å². The summed E-state index contributed by atoms with van der Waals surface area (Å²) in [5.41, 5.74) is 4.33. The monoisotopic (exact) mass is 619 g/mol. The molecule has 0 radical (unpaired) electrons. The van der Waals surface area contributed by atoms with Crippen LogP contribution in [0, 0.1) is 0 Å². The van der Waals surface area contributed by atoms with Gasteiger partial charge in [0.25, 0.3) is 0 Å². The summed E-state index contributed by atoms with van der Waals surface area (Å²) in [5.74, 6) is -0.794. The van der Waals surface area contributed by atoms with Gasteiger partial charge in [-0.25, -0.2) is 25.3 Å². The Kier molecular flexibility index (Phi) is 12.2. The van der Waals surface area contributed by atoms with Crippen molar-refractivity contribution >= 4 is 69.0 Å². The zero-order valence-electron chi connectivity index (χ0n) is 20.5. The molecular formula is C20H12N3Na3O10S3. The Bertz CT molecular complexity index is 1950. The number of nitrogens with two attached hydrogens (primary N) is 1. The van der Waals surface area contributed by atoms with Crippen molar-refractivity contribution in [1.82, 2.24) is 0 Å². The molecule has 3 N–H and O–H groups in total. The molecule has 4 aromatic carbocycles. The van der Waals surface area contributed by atoms with Crippen LogP contribution in [-0.2, 0) is 30.4 Å². The van der Waals surface area contributed by atoms with Crippen LogP contribution in [0.4, 0.5) is 17.1 Å². The molecule has 0 aliphatic heterocycles. The van der Waals surface area contributed by atoms with E-state index in [9.17, 15) is 44.0 Å². The number of aromatic hydroxyl groups is 1. The first-order valence-electron chi connectivity index (χ1n) is 9.49. The van der Waals surface area contributed by atoms with Crippen LogP contribution in [0.15, 0.2) is 79.5 Å². The van der Waals surface area contributed by atoms with Crippen LogP contribution in [0.2, 0.25) is 0 Å². The minimum absolute atomic E-state index is 0. The van der Waals surface area contributed by atoms with E-state index in [0.717, 1.165) is 36.4 Å². The fourth-order valence-corrected chi connectivity index (χ4v) is 5.76. The molecule has 0 atom stereocenters. The quantitative estimate of drug-likeness (QED) is 0.0920. The van der Waals surface area contributed by atoms with Crippen molar-refractivity contribution in [2.45, 2.75) is 14.7 Å². The van der Waals surface area contributed by atoms with Gasteiger partial charge in [0.1, 0.15) is 41.7 Å². The molecule has 13 nitrogen and oxygen atoms in total. The third-order valence-electron chi connectivity index (χ3n) is 5.07. The molecule has 0 aliphatic carbocycles. The molecule has 4 aromatic rings. The number of hydrogen-bond donors (Lipinski definition) is 2. The standard InChI is InChI=1S/C20H15N3O10S3.3Na/c21-11-4-5-12-10(8-11)9-17(35(28,29)30)18(19(12)24)23-22-15-7-6-13-14(20(15)36(31,32)33)2-1-3-16(13)34(25,26)27;;;/h1-9,24H,21H2,(H,25,26,27)(H,28,29,30)(H,31,32,33);;;/q;3*+1/p-3. The summed E-state index contributed by atoms with van der Waals surface area (Å²) in [6, 6.07) is 9.73. The molecular weight excluding hydrogens is 607 g/mol. The SMILES string of the molecule is Nc1ccc2c(O)c(N=Nc3ccc4c(S(=O)(=O)[O-])cccc4c3S(=O)(=O)[O-])c(S(=O)(=O)[O-])cc2c1.[Na+].[Na+].[Na+]. The zero-order chi connectivity index (χ0) is 26.6. The van der Waals surface area contributed by atoms with Crippen LogP contribution in [0.25, 0.3) is 21.5 Å². The van der Waals surface area contributed by atoms with Gasteiger partial charge in [0.2, 0.25) is 0 Å². The summed E-state index contributed by atoms with van der Waals surface area (Å²) in [4.78, 5) is -2.86. The molecule has 4 rings (SSSR count). The molecule has 188 valence electrons. The number of rotatable bonds is 5. The second-order valence-corrected chi connectivity index (χ2v) is 11.4. The molecule has 0 fully saturated rings. The van der Waals surface area contributed by atoms with Gasteiger partial charge >= 0.3 is 88.7 Å². The normalized spacial score (nSPS) is 12.1. The van der Waals surface area contributed by atoms with Gasteiger partial charge in [-0.3, -0.25) is 0 Å². The van der Waals surface area contributed by atoms with Crippen molar-refractivity contribution in [2.24, 2.45) is 10.2 Å². The van der Waals surface area contributed by atoms with Gasteiger partial charge in [-0.15, -0.1) is 10.2 Å². The predicted molar refractivity (Wildman–Crippen MR) is 122 cm³/mol. The summed E-state index contributed by atoms with van der Waals surface area (Å²) >= 11 is 0. The van der Waals surface area contributed by atoms with Gasteiger partial charge in [0.15, 0.2) is 5.75 Å². The Morgan fingerprint density at radius 3 is 1.82 bits per heavy atom. The van der Waals surface area contributed by atoms with E-state index in [1.165, 1.54) is 18.2 Å². The van der Waals surface area contributed by atoms with Crippen LogP contribution in [0.1, 0.15) is 0 Å². The number of benzene rings is 4. The van der Waals surface area contributed by atoms with Crippen LogP contribution in [0.3, 0.4) is 0 Å². The van der Waals surface area contributed by atoms with Crippen LogP contribution in [0.5, 0.6) is 5.75 Å². The molecule has 0 unspecified atom stereocenters. The van der Waals surface area contributed by atoms with Crippen LogP contribution >= 0.6 is 0 Å². The van der Waals surface area contributed by atoms with Gasteiger partial charge in [-0.05, 0) is 41.8 Å². The topological polar surface area (TPSA) is 243 Å². The van der Waals surface area contributed by atoms with Gasteiger partial charge in [0, 0.05) is 21.8 Å². The maximum atomic E-state index is 12.0. The average Bonchev–Trinajstić information content (AvgIpc) is 2.75. The molecule has 0 bridgehead atoms. The Morgan fingerprint density at radius 2 is 1.26 bits per heavy atom. The summed E-state index contributed by atoms with van der Waals surface area (Å²) in [7, 11) is -15.7. The van der Waals surface area contributed by atoms with Crippen molar-refractivity contribution in [3.8, 4) is 5.75 Å². The van der Waals surface area contributed by atoms with E-state index in [1.807, 2.05) is 0 Å². The van der Waals surface area contributed by atoms with Crippen molar-refractivity contribution in [2.75, 3.05) is 5.73 Å². The molecule has 0 saturated carbocycles. The van der Waals surface area contributed by atoms with E-state index in [0.29, 0.717) is 0 Å². The van der Waals surface area contributed by atoms with Crippen molar-refractivity contribution in [1.29, 1.82) is 0 Å². The predicted octanol–water partition coefficient (Wildman–Crippen LogP) is -6.58. The number of phenols is 1. The Morgan fingerprint density at radius 1 is 0.667 bits per heavy atom. The summed E-state index contributed by atoms with van der Waals surface area (Å²) in [5, 5.41) is 17.0. The van der Waals surface area contributed by atoms with Gasteiger partial charge in [-0.1, -0.05) is 18.2 Å². The minimum atomic E-state index is -5.37. The first-order chi connectivity index (χ1) is 16.6. The number of phenolic OH excluding ortho intramolecular Hbond substituents is 1. The maximum absolute atomic E-state index is 12.0. The second kappa shape index (κ2) is 13.1. The third kappa shape index (κ3) is 7.59. The number of nitrogens with zero attached hydrogens (tertiary/aromatic N) is 2. The Hall–Kier alpha value is -0.670. The molecule has 19 heteroatoms. The minimum Gasteiger partial charge on any atom is -0.744 e. The Balaban J connectivity index is 0.00000253. The Labute approximate surface area is 289 Å². The van der Waals surface area contributed by atoms with Crippen LogP contribution < -0.4 is 94.4 Å². The van der Waals surface area contributed by atoms with E-state index < -0.39 is 67.6 Å². The number of anilines is 1. The van der Waals surface area contributed by atoms with Crippen LogP contribution in [-0.4, -0.2) is 44.0 Å². The van der Waals surface area contributed by atoms with E-state index in [1.54, 1.807) is 0 Å². The molecule has 39 heavy (non-hydrogen) atoms. The van der Waals surface area contributed by atoms with Crippen molar-refractivity contribution in [3.63, 3.8) is 0 Å². The first-order valence-corrected chi connectivity index (χ1v) is 13.7. The summed E-state index contributed by atoms with van der Waals surface area (Å²) in [6.45, 7) is 0. The maximum Gasteiger partial charge on any atom is 1.00 e.